The summed E-state index contributed by atoms with van der Waals surface area (Å²) in [5, 5.41) is 14.4. The zero-order valence-electron chi connectivity index (χ0n) is 32.5. The lowest BCUT2D eigenvalue weighted by Gasteiger charge is -2.20. The fraction of sp³-hybridized carbons (Fsp3) is 0.0566. The van der Waals surface area contributed by atoms with Gasteiger partial charge in [0.05, 0.1) is 57.2 Å². The Balaban J connectivity index is 1.36. The molecule has 0 radical (unpaired) electrons. The van der Waals surface area contributed by atoms with Crippen LogP contribution < -0.4 is 0 Å². The highest BCUT2D eigenvalue weighted by molar-refractivity contribution is 6.13. The van der Waals surface area contributed by atoms with Gasteiger partial charge in [0.15, 0.2) is 5.69 Å². The minimum absolute atomic E-state index is 0.169. The molecule has 0 unspecified atom stereocenters. The van der Waals surface area contributed by atoms with E-state index in [4.69, 9.17) is 6.57 Å². The van der Waals surface area contributed by atoms with Crippen molar-refractivity contribution in [3.63, 3.8) is 0 Å². The Bertz CT molecular complexity index is 3480. The Labute approximate surface area is 344 Å². The average molecular weight is 783 g/mol. The van der Waals surface area contributed by atoms with E-state index in [0.717, 1.165) is 89.1 Å². The maximum atomic E-state index is 14.0. The van der Waals surface area contributed by atoms with Gasteiger partial charge in [0.2, 0.25) is 0 Å². The third kappa shape index (κ3) is 5.91. The zero-order chi connectivity index (χ0) is 41.3. The summed E-state index contributed by atoms with van der Waals surface area (Å²) in [5.41, 5.74) is 11.2. The number of nitriles is 1. The Morgan fingerprint density at radius 1 is 0.500 bits per heavy atom. The molecule has 7 heteroatoms. The van der Waals surface area contributed by atoms with Crippen molar-refractivity contribution in [2.45, 2.75) is 20.0 Å². The van der Waals surface area contributed by atoms with Crippen LogP contribution in [0.15, 0.2) is 164 Å². The number of halogens is 3. The fourth-order valence-electron chi connectivity index (χ4n) is 8.75. The largest absolute Gasteiger partial charge is 0.416 e. The van der Waals surface area contributed by atoms with Crippen molar-refractivity contribution in [2.75, 3.05) is 0 Å². The topological polar surface area (TPSA) is 38.0 Å². The van der Waals surface area contributed by atoms with E-state index >= 15 is 0 Å². The average Bonchev–Trinajstić information content (AvgIpc) is 3.77. The van der Waals surface area contributed by atoms with E-state index in [1.165, 1.54) is 6.07 Å². The molecule has 10 aromatic rings. The van der Waals surface area contributed by atoms with Crippen LogP contribution in [0.5, 0.6) is 0 Å². The maximum Gasteiger partial charge on any atom is 0.416 e. The summed E-state index contributed by atoms with van der Waals surface area (Å²) in [5.74, 6) is 0. The number of fused-ring (bicyclic) bond motifs is 6. The molecule has 0 amide bonds. The van der Waals surface area contributed by atoms with Crippen LogP contribution in [0.25, 0.3) is 93.2 Å². The molecule has 8 aromatic carbocycles. The van der Waals surface area contributed by atoms with E-state index in [9.17, 15) is 18.4 Å². The number of hydrogen-bond donors (Lipinski definition) is 0. The number of benzene rings is 8. The normalized spacial score (nSPS) is 11.7. The van der Waals surface area contributed by atoms with Gasteiger partial charge in [-0.1, -0.05) is 126 Å². The smallest absolute Gasteiger partial charge is 0.308 e. The second kappa shape index (κ2) is 13.9. The Morgan fingerprint density at radius 2 is 1.00 bits per heavy atom. The number of aromatic nitrogens is 2. The third-order valence-electron chi connectivity index (χ3n) is 11.5. The number of hydrogen-bond acceptors (Lipinski definition) is 1. The van der Waals surface area contributed by atoms with Gasteiger partial charge in [0.25, 0.3) is 0 Å². The van der Waals surface area contributed by atoms with Crippen LogP contribution in [0, 0.1) is 31.8 Å². The van der Waals surface area contributed by atoms with Crippen molar-refractivity contribution in [1.82, 2.24) is 9.13 Å². The summed E-state index contributed by atoms with van der Waals surface area (Å²) in [6.45, 7) is 12.7. The molecule has 2 heterocycles. The van der Waals surface area contributed by atoms with Crippen LogP contribution >= 0.6 is 0 Å². The van der Waals surface area contributed by atoms with E-state index in [1.54, 1.807) is 0 Å². The molecule has 0 N–H and O–H groups in total. The molecule has 0 spiro atoms. The molecule has 2 aromatic heterocycles. The summed E-state index contributed by atoms with van der Waals surface area (Å²) in [6, 6.07) is 54.8. The summed E-state index contributed by atoms with van der Waals surface area (Å²) in [7, 11) is 0. The number of para-hydroxylation sites is 2. The highest BCUT2D eigenvalue weighted by atomic mass is 19.4. The summed E-state index contributed by atoms with van der Waals surface area (Å²) in [4.78, 5) is 4.00. The molecular weight excluding hydrogens is 750 g/mol. The first-order valence-corrected chi connectivity index (χ1v) is 19.5. The standard InChI is InChI=1S/C53H33F3N4/c1-32-10-8-12-34(24-32)36-18-21-43-41-14-4-6-16-47(41)59(49(43)27-36)51-29-45(40-23-20-39(53(54,55)56)26-38(40)31-57)46(58-3)30-52(51)60-48-17-7-5-15-42(48)44-22-19-37(28-50(44)60)35-13-9-11-33(2)25-35/h4-30H,1-2H3. The maximum absolute atomic E-state index is 14.0. The van der Waals surface area contributed by atoms with Gasteiger partial charge < -0.3 is 9.13 Å². The molecule has 286 valence electrons. The van der Waals surface area contributed by atoms with Crippen molar-refractivity contribution < 1.29 is 13.2 Å². The molecule has 0 atom stereocenters. The van der Waals surface area contributed by atoms with E-state index in [-0.39, 0.29) is 16.8 Å². The van der Waals surface area contributed by atoms with E-state index in [0.29, 0.717) is 16.9 Å². The SMILES string of the molecule is [C-]#[N+]c1cc(-n2c3ccccc3c3ccc(-c4cccc(C)c4)cc32)c(-n2c3ccccc3c3ccc(-c4cccc(C)c4)cc32)cc1-c1ccc(C(F)(F)F)cc1C#N. The minimum atomic E-state index is -4.65. The van der Waals surface area contributed by atoms with Crippen molar-refractivity contribution in [2.24, 2.45) is 0 Å². The lowest BCUT2D eigenvalue weighted by atomic mass is 9.95. The first kappa shape index (κ1) is 36.5. The minimum Gasteiger partial charge on any atom is -0.308 e. The van der Waals surface area contributed by atoms with Gasteiger partial charge in [0.1, 0.15) is 0 Å². The van der Waals surface area contributed by atoms with Crippen LogP contribution in [-0.4, -0.2) is 9.13 Å². The van der Waals surface area contributed by atoms with Crippen LogP contribution in [0.4, 0.5) is 18.9 Å². The van der Waals surface area contributed by atoms with Gasteiger partial charge >= 0.3 is 6.18 Å². The van der Waals surface area contributed by atoms with Crippen LogP contribution in [-0.2, 0) is 6.18 Å². The molecule has 4 nitrogen and oxygen atoms in total. The van der Waals surface area contributed by atoms with Gasteiger partial charge in [-0.15, -0.1) is 0 Å². The Kier molecular flexibility index (Phi) is 8.45. The number of aryl methyl sites for hydroxylation is 2. The molecule has 10 rings (SSSR count). The third-order valence-corrected chi connectivity index (χ3v) is 11.5. The molecular formula is C53H33F3N4. The predicted molar refractivity (Wildman–Crippen MR) is 237 cm³/mol. The highest BCUT2D eigenvalue weighted by Crippen LogP contribution is 2.45. The first-order valence-electron chi connectivity index (χ1n) is 19.5. The van der Waals surface area contributed by atoms with Gasteiger partial charge in [-0.3, -0.25) is 0 Å². The number of alkyl halides is 3. The lowest BCUT2D eigenvalue weighted by molar-refractivity contribution is -0.137. The molecule has 0 saturated carbocycles. The summed E-state index contributed by atoms with van der Waals surface area (Å²) < 4.78 is 46.3. The van der Waals surface area contributed by atoms with Gasteiger partial charge in [-0.25, -0.2) is 4.85 Å². The van der Waals surface area contributed by atoms with Crippen molar-refractivity contribution in [3.05, 3.63) is 197 Å². The molecule has 0 aliphatic rings. The number of rotatable bonds is 5. The Morgan fingerprint density at radius 3 is 1.50 bits per heavy atom. The summed E-state index contributed by atoms with van der Waals surface area (Å²) in [6.07, 6.45) is -4.65. The van der Waals surface area contributed by atoms with Gasteiger partial charge in [-0.05, 0) is 95.8 Å². The van der Waals surface area contributed by atoms with E-state index < -0.39 is 11.7 Å². The lowest BCUT2D eigenvalue weighted by Crippen LogP contribution is -2.06. The molecule has 0 aliphatic heterocycles. The van der Waals surface area contributed by atoms with Crippen molar-refractivity contribution >= 4 is 49.3 Å². The van der Waals surface area contributed by atoms with Crippen LogP contribution in [0.1, 0.15) is 22.3 Å². The van der Waals surface area contributed by atoms with E-state index in [2.05, 4.69) is 125 Å². The Hall–Kier alpha value is -7.87. The molecule has 60 heavy (non-hydrogen) atoms. The van der Waals surface area contributed by atoms with Gasteiger partial charge in [-0.2, -0.15) is 18.4 Å². The van der Waals surface area contributed by atoms with Crippen LogP contribution in [0.2, 0.25) is 0 Å². The van der Waals surface area contributed by atoms with Gasteiger partial charge in [0, 0.05) is 21.5 Å². The molecule has 0 saturated heterocycles. The van der Waals surface area contributed by atoms with Crippen molar-refractivity contribution in [3.8, 4) is 50.8 Å². The first-order chi connectivity index (χ1) is 29.1. The monoisotopic (exact) mass is 782 g/mol. The fourth-order valence-corrected chi connectivity index (χ4v) is 8.75. The van der Waals surface area contributed by atoms with Crippen molar-refractivity contribution in [1.29, 1.82) is 5.26 Å². The van der Waals surface area contributed by atoms with Crippen LogP contribution in [0.3, 0.4) is 0 Å². The number of nitrogens with zero attached hydrogens (tertiary/aromatic N) is 4. The second-order valence-electron chi connectivity index (χ2n) is 15.2. The van der Waals surface area contributed by atoms with E-state index in [1.807, 2.05) is 54.6 Å². The molecule has 0 fully saturated rings. The molecule has 0 aliphatic carbocycles. The highest BCUT2D eigenvalue weighted by Gasteiger charge is 2.32. The quantitative estimate of drug-likeness (QED) is 0.160. The molecule has 0 bridgehead atoms. The summed E-state index contributed by atoms with van der Waals surface area (Å²) >= 11 is 0. The zero-order valence-corrected chi connectivity index (χ0v) is 32.5. The predicted octanol–water partition coefficient (Wildman–Crippen LogP) is 14.9. The second-order valence-corrected chi connectivity index (χ2v) is 15.2.